The number of unbranched alkanes of at least 4 members (excludes halogenated alkanes) is 6. The predicted molar refractivity (Wildman–Crippen MR) is 106 cm³/mol. The van der Waals surface area contributed by atoms with Gasteiger partial charge in [0.15, 0.2) is 0 Å². The number of Topliss-reactive ketones (excluding diaryl/α,β-unsaturated/α-hetero) is 1. The number of carbonyl (C=O) groups is 2. The first-order valence-electron chi connectivity index (χ1n) is 9.51. The van der Waals surface area contributed by atoms with Crippen LogP contribution in [0.1, 0.15) is 77.6 Å². The van der Waals surface area contributed by atoms with Gasteiger partial charge < -0.3 is 4.74 Å². The van der Waals surface area contributed by atoms with Crippen LogP contribution in [0.5, 0.6) is 0 Å². The van der Waals surface area contributed by atoms with Crippen molar-refractivity contribution in [2.24, 2.45) is 0 Å². The second-order valence-electron chi connectivity index (χ2n) is 6.51. The van der Waals surface area contributed by atoms with Gasteiger partial charge in [-0.25, -0.2) is 0 Å². The number of ether oxygens (including phenoxy) is 1. The van der Waals surface area contributed by atoms with Gasteiger partial charge in [-0.3, -0.25) is 9.59 Å². The molecule has 1 saturated carbocycles. The van der Waals surface area contributed by atoms with Crippen LogP contribution < -0.4 is 0 Å². The molecule has 0 amide bonds. The number of ketones is 1. The van der Waals surface area contributed by atoms with Crippen LogP contribution in [0.2, 0.25) is 0 Å². The topological polar surface area (TPSA) is 43.4 Å². The van der Waals surface area contributed by atoms with E-state index in [0.29, 0.717) is 17.5 Å². The Labute approximate surface area is 156 Å². The van der Waals surface area contributed by atoms with E-state index in [4.69, 9.17) is 0 Å². The van der Waals surface area contributed by atoms with E-state index in [1.807, 2.05) is 23.5 Å². The molecule has 0 aromatic rings. The Hall–Kier alpha value is -0.160. The molecule has 0 saturated heterocycles. The minimum atomic E-state index is -0.112. The molecule has 0 heterocycles. The van der Waals surface area contributed by atoms with Crippen LogP contribution in [0, 0.1) is 0 Å². The van der Waals surface area contributed by atoms with Crippen molar-refractivity contribution in [3.63, 3.8) is 0 Å². The highest BCUT2D eigenvalue weighted by molar-refractivity contribution is 8.04. The van der Waals surface area contributed by atoms with E-state index in [1.165, 1.54) is 39.2 Å². The van der Waals surface area contributed by atoms with Crippen molar-refractivity contribution >= 4 is 35.3 Å². The summed E-state index contributed by atoms with van der Waals surface area (Å²) in [5, 5.41) is 0.745. The van der Waals surface area contributed by atoms with Crippen molar-refractivity contribution in [1.29, 1.82) is 0 Å². The molecule has 0 unspecified atom stereocenters. The summed E-state index contributed by atoms with van der Waals surface area (Å²) >= 11 is 3.88. The van der Waals surface area contributed by atoms with Gasteiger partial charge in [-0.2, -0.15) is 11.8 Å². The first kappa shape index (κ1) is 21.9. The Morgan fingerprint density at radius 2 is 1.71 bits per heavy atom. The molecule has 0 N–H and O–H groups in total. The molecule has 2 atom stereocenters. The van der Waals surface area contributed by atoms with Gasteiger partial charge >= 0.3 is 5.97 Å². The van der Waals surface area contributed by atoms with Gasteiger partial charge in [0.25, 0.3) is 0 Å². The van der Waals surface area contributed by atoms with E-state index in [-0.39, 0.29) is 11.2 Å². The van der Waals surface area contributed by atoms with Crippen molar-refractivity contribution in [3.05, 3.63) is 0 Å². The third kappa shape index (κ3) is 9.36. The summed E-state index contributed by atoms with van der Waals surface area (Å²) in [4.78, 5) is 23.2. The van der Waals surface area contributed by atoms with Gasteiger partial charge in [0, 0.05) is 18.1 Å². The number of hydrogen-bond donors (Lipinski definition) is 0. The molecule has 1 aliphatic rings. The Balaban J connectivity index is 2.10. The SMILES string of the molecule is CCCCCCCS[C@H]1C(=O)CC[C@@H]1SCCCCCC(=O)OC. The molecule has 1 rings (SSSR count). The lowest BCUT2D eigenvalue weighted by molar-refractivity contribution is -0.140. The lowest BCUT2D eigenvalue weighted by Gasteiger charge is -2.17. The standard InChI is InChI=1S/C19H34O3S2/c1-3-4-5-6-9-15-24-19-16(20)12-13-17(19)23-14-10-7-8-11-18(21)22-2/h17,19H,3-15H2,1-2H3/t17-,19-/m0/s1. The van der Waals surface area contributed by atoms with Crippen LogP contribution in [0.15, 0.2) is 0 Å². The summed E-state index contributed by atoms with van der Waals surface area (Å²) in [5.41, 5.74) is 0. The molecule has 0 radical (unpaired) electrons. The number of carbonyl (C=O) groups excluding carboxylic acids is 2. The van der Waals surface area contributed by atoms with Crippen LogP contribution in [0.3, 0.4) is 0 Å². The third-order valence-corrected chi connectivity index (χ3v) is 7.57. The van der Waals surface area contributed by atoms with Gasteiger partial charge in [-0.05, 0) is 37.2 Å². The minimum absolute atomic E-state index is 0.112. The number of rotatable bonds is 14. The normalized spacial score (nSPS) is 20.5. The number of methoxy groups -OCH3 is 1. The molecule has 24 heavy (non-hydrogen) atoms. The zero-order valence-electron chi connectivity index (χ0n) is 15.4. The molecule has 0 aromatic heterocycles. The quantitative estimate of drug-likeness (QED) is 0.307. The lowest BCUT2D eigenvalue weighted by atomic mass is 10.2. The Kier molecular flexibility index (Phi) is 12.8. The second kappa shape index (κ2) is 14.1. The van der Waals surface area contributed by atoms with Crippen LogP contribution >= 0.6 is 23.5 Å². The van der Waals surface area contributed by atoms with Crippen molar-refractivity contribution in [2.45, 2.75) is 88.1 Å². The summed E-state index contributed by atoms with van der Waals surface area (Å²) in [5.74, 6) is 2.60. The maximum Gasteiger partial charge on any atom is 0.305 e. The Bertz CT molecular complexity index is 361. The molecule has 0 bridgehead atoms. The molecule has 0 aromatic carbocycles. The summed E-state index contributed by atoms with van der Waals surface area (Å²) in [7, 11) is 1.44. The zero-order valence-corrected chi connectivity index (χ0v) is 17.0. The van der Waals surface area contributed by atoms with E-state index < -0.39 is 0 Å². The molecule has 3 nitrogen and oxygen atoms in total. The van der Waals surface area contributed by atoms with Crippen molar-refractivity contribution < 1.29 is 14.3 Å². The molecule has 5 heteroatoms. The number of esters is 1. The van der Waals surface area contributed by atoms with E-state index in [0.717, 1.165) is 43.6 Å². The maximum absolute atomic E-state index is 12.1. The molecule has 1 aliphatic carbocycles. The molecule has 0 aliphatic heterocycles. The smallest absolute Gasteiger partial charge is 0.305 e. The molecule has 1 fully saturated rings. The minimum Gasteiger partial charge on any atom is -0.469 e. The fourth-order valence-corrected chi connectivity index (χ4v) is 5.99. The molecular formula is C19H34O3S2. The van der Waals surface area contributed by atoms with E-state index in [1.54, 1.807) is 0 Å². The average Bonchev–Trinajstić information content (AvgIpc) is 2.94. The van der Waals surface area contributed by atoms with Gasteiger partial charge in [-0.15, -0.1) is 11.8 Å². The molecular weight excluding hydrogens is 340 g/mol. The summed E-state index contributed by atoms with van der Waals surface area (Å²) in [6.07, 6.45) is 12.0. The van der Waals surface area contributed by atoms with Gasteiger partial charge in [0.05, 0.1) is 12.4 Å². The van der Waals surface area contributed by atoms with Crippen LogP contribution in [0.4, 0.5) is 0 Å². The van der Waals surface area contributed by atoms with Gasteiger partial charge in [0.2, 0.25) is 0 Å². The number of hydrogen-bond acceptors (Lipinski definition) is 5. The Morgan fingerprint density at radius 3 is 2.42 bits per heavy atom. The van der Waals surface area contributed by atoms with Crippen LogP contribution in [-0.4, -0.2) is 40.9 Å². The van der Waals surface area contributed by atoms with Crippen molar-refractivity contribution in [2.75, 3.05) is 18.6 Å². The largest absolute Gasteiger partial charge is 0.469 e. The molecule has 140 valence electrons. The first-order valence-corrected chi connectivity index (χ1v) is 11.6. The molecule has 0 spiro atoms. The van der Waals surface area contributed by atoms with Crippen LogP contribution in [-0.2, 0) is 14.3 Å². The maximum atomic E-state index is 12.1. The monoisotopic (exact) mass is 374 g/mol. The predicted octanol–water partition coefficient (Wildman–Crippen LogP) is 5.26. The van der Waals surface area contributed by atoms with E-state index in [9.17, 15) is 9.59 Å². The summed E-state index contributed by atoms with van der Waals surface area (Å²) < 4.78 is 4.65. The fraction of sp³-hybridized carbons (Fsp3) is 0.895. The van der Waals surface area contributed by atoms with Crippen molar-refractivity contribution in [1.82, 2.24) is 0 Å². The summed E-state index contributed by atoms with van der Waals surface area (Å²) in [6, 6.07) is 0. The summed E-state index contributed by atoms with van der Waals surface area (Å²) in [6.45, 7) is 2.24. The lowest BCUT2D eigenvalue weighted by Crippen LogP contribution is -2.20. The average molecular weight is 375 g/mol. The highest BCUT2D eigenvalue weighted by atomic mass is 32.2. The van der Waals surface area contributed by atoms with E-state index in [2.05, 4.69) is 11.7 Å². The number of thioether (sulfide) groups is 2. The first-order chi connectivity index (χ1) is 11.7. The Morgan fingerprint density at radius 1 is 1.04 bits per heavy atom. The highest BCUT2D eigenvalue weighted by Gasteiger charge is 2.34. The van der Waals surface area contributed by atoms with Gasteiger partial charge in [-0.1, -0.05) is 39.0 Å². The second-order valence-corrected chi connectivity index (χ2v) is 9.10. The highest BCUT2D eigenvalue weighted by Crippen LogP contribution is 2.36. The zero-order chi connectivity index (χ0) is 17.6. The fourth-order valence-electron chi connectivity index (χ4n) is 2.96. The van der Waals surface area contributed by atoms with Gasteiger partial charge in [0.1, 0.15) is 5.78 Å². The van der Waals surface area contributed by atoms with Crippen molar-refractivity contribution in [3.8, 4) is 0 Å². The van der Waals surface area contributed by atoms with E-state index >= 15 is 0 Å². The van der Waals surface area contributed by atoms with Crippen LogP contribution in [0.25, 0.3) is 0 Å². The third-order valence-electron chi connectivity index (χ3n) is 4.46.